The summed E-state index contributed by atoms with van der Waals surface area (Å²) < 4.78 is 0. The highest BCUT2D eigenvalue weighted by atomic mass is 16.2. The average Bonchev–Trinajstić information content (AvgIpc) is 2.48. The molecule has 1 aliphatic rings. The van der Waals surface area contributed by atoms with Gasteiger partial charge in [-0.1, -0.05) is 13.3 Å². The standard InChI is InChI=1S/C14H23N5O/c1-2-4-12(15)11-13(20)18-7-9-19(10-8-18)14-16-5-3-6-17-14/h3,5-6,12H,2,4,7-11,15H2,1H3. The van der Waals surface area contributed by atoms with E-state index in [2.05, 4.69) is 21.8 Å². The first kappa shape index (κ1) is 14.7. The first-order chi connectivity index (χ1) is 9.70. The van der Waals surface area contributed by atoms with Crippen molar-refractivity contribution in [2.45, 2.75) is 32.2 Å². The Labute approximate surface area is 120 Å². The van der Waals surface area contributed by atoms with E-state index in [1.54, 1.807) is 18.5 Å². The molecule has 1 aromatic heterocycles. The number of hydrogen-bond donors (Lipinski definition) is 1. The van der Waals surface area contributed by atoms with Crippen molar-refractivity contribution in [3.8, 4) is 0 Å². The zero-order chi connectivity index (χ0) is 14.4. The largest absolute Gasteiger partial charge is 0.339 e. The van der Waals surface area contributed by atoms with E-state index in [0.29, 0.717) is 6.42 Å². The van der Waals surface area contributed by atoms with Crippen LogP contribution in [0.1, 0.15) is 26.2 Å². The molecular weight excluding hydrogens is 254 g/mol. The Kier molecular flexibility index (Phi) is 5.29. The summed E-state index contributed by atoms with van der Waals surface area (Å²) in [7, 11) is 0. The summed E-state index contributed by atoms with van der Waals surface area (Å²) >= 11 is 0. The molecular formula is C14H23N5O. The summed E-state index contributed by atoms with van der Waals surface area (Å²) in [5.74, 6) is 0.905. The van der Waals surface area contributed by atoms with Crippen LogP contribution in [0.15, 0.2) is 18.5 Å². The molecule has 1 fully saturated rings. The van der Waals surface area contributed by atoms with Gasteiger partial charge in [-0.05, 0) is 12.5 Å². The number of aromatic nitrogens is 2. The van der Waals surface area contributed by atoms with Crippen LogP contribution in [0, 0.1) is 0 Å². The maximum atomic E-state index is 12.1. The molecule has 2 rings (SSSR count). The molecule has 0 spiro atoms. The van der Waals surface area contributed by atoms with Gasteiger partial charge < -0.3 is 15.5 Å². The zero-order valence-electron chi connectivity index (χ0n) is 12.0. The molecule has 1 unspecified atom stereocenters. The van der Waals surface area contributed by atoms with Gasteiger partial charge in [0.15, 0.2) is 0 Å². The van der Waals surface area contributed by atoms with Gasteiger partial charge >= 0.3 is 0 Å². The first-order valence-corrected chi connectivity index (χ1v) is 7.26. The van der Waals surface area contributed by atoms with Crippen molar-refractivity contribution in [3.05, 3.63) is 18.5 Å². The number of anilines is 1. The molecule has 6 heteroatoms. The van der Waals surface area contributed by atoms with E-state index in [4.69, 9.17) is 5.73 Å². The highest BCUT2D eigenvalue weighted by Crippen LogP contribution is 2.11. The molecule has 1 aliphatic heterocycles. The molecule has 1 aromatic rings. The van der Waals surface area contributed by atoms with Gasteiger partial charge in [0.2, 0.25) is 11.9 Å². The van der Waals surface area contributed by atoms with E-state index >= 15 is 0 Å². The lowest BCUT2D eigenvalue weighted by molar-refractivity contribution is -0.131. The molecule has 6 nitrogen and oxygen atoms in total. The number of piperazine rings is 1. The summed E-state index contributed by atoms with van der Waals surface area (Å²) in [6, 6.07) is 1.79. The molecule has 20 heavy (non-hydrogen) atoms. The van der Waals surface area contributed by atoms with Gasteiger partial charge in [-0.3, -0.25) is 4.79 Å². The third-order valence-electron chi connectivity index (χ3n) is 3.56. The molecule has 1 saturated heterocycles. The fourth-order valence-electron chi connectivity index (χ4n) is 2.44. The van der Waals surface area contributed by atoms with Crippen molar-refractivity contribution >= 4 is 11.9 Å². The van der Waals surface area contributed by atoms with Gasteiger partial charge in [-0.15, -0.1) is 0 Å². The lowest BCUT2D eigenvalue weighted by atomic mass is 10.1. The van der Waals surface area contributed by atoms with Crippen LogP contribution in [0.4, 0.5) is 5.95 Å². The lowest BCUT2D eigenvalue weighted by Crippen LogP contribution is -2.50. The van der Waals surface area contributed by atoms with E-state index < -0.39 is 0 Å². The summed E-state index contributed by atoms with van der Waals surface area (Å²) in [6.45, 7) is 5.08. The number of amides is 1. The molecule has 2 heterocycles. The fraction of sp³-hybridized carbons (Fsp3) is 0.643. The predicted octanol–water partition coefficient (Wildman–Crippen LogP) is 0.643. The molecule has 1 atom stereocenters. The summed E-state index contributed by atoms with van der Waals surface area (Å²) in [6.07, 6.45) is 5.86. The van der Waals surface area contributed by atoms with Gasteiger partial charge in [-0.2, -0.15) is 0 Å². The Hall–Kier alpha value is -1.69. The Morgan fingerprint density at radius 3 is 2.55 bits per heavy atom. The van der Waals surface area contributed by atoms with Gasteiger partial charge in [0, 0.05) is 51.0 Å². The van der Waals surface area contributed by atoms with Crippen LogP contribution in [0.2, 0.25) is 0 Å². The van der Waals surface area contributed by atoms with Crippen LogP contribution in [-0.4, -0.2) is 53.0 Å². The minimum Gasteiger partial charge on any atom is -0.339 e. The number of carbonyl (C=O) groups is 1. The van der Waals surface area contributed by atoms with Crippen LogP contribution in [-0.2, 0) is 4.79 Å². The van der Waals surface area contributed by atoms with E-state index in [0.717, 1.165) is 45.0 Å². The van der Waals surface area contributed by atoms with Gasteiger partial charge in [0.1, 0.15) is 0 Å². The Morgan fingerprint density at radius 1 is 1.30 bits per heavy atom. The van der Waals surface area contributed by atoms with Crippen LogP contribution in [0.5, 0.6) is 0 Å². The number of hydrogen-bond acceptors (Lipinski definition) is 5. The molecule has 0 radical (unpaired) electrons. The normalized spacial score (nSPS) is 17.1. The summed E-state index contributed by atoms with van der Waals surface area (Å²) in [5.41, 5.74) is 5.93. The Morgan fingerprint density at radius 2 is 1.95 bits per heavy atom. The smallest absolute Gasteiger partial charge is 0.225 e. The average molecular weight is 277 g/mol. The molecule has 110 valence electrons. The summed E-state index contributed by atoms with van der Waals surface area (Å²) in [4.78, 5) is 24.6. The Bertz CT molecular complexity index is 417. The van der Waals surface area contributed by atoms with Crippen LogP contribution in [0.25, 0.3) is 0 Å². The molecule has 0 saturated carbocycles. The quantitative estimate of drug-likeness (QED) is 0.855. The summed E-state index contributed by atoms with van der Waals surface area (Å²) in [5, 5.41) is 0. The monoisotopic (exact) mass is 277 g/mol. The number of nitrogens with two attached hydrogens (primary N) is 1. The number of carbonyl (C=O) groups excluding carboxylic acids is 1. The van der Waals surface area contributed by atoms with Crippen LogP contribution >= 0.6 is 0 Å². The fourth-order valence-corrected chi connectivity index (χ4v) is 2.44. The highest BCUT2D eigenvalue weighted by molar-refractivity contribution is 5.77. The van der Waals surface area contributed by atoms with Crippen molar-refractivity contribution in [1.82, 2.24) is 14.9 Å². The van der Waals surface area contributed by atoms with Crippen molar-refractivity contribution in [2.24, 2.45) is 5.73 Å². The second-order valence-electron chi connectivity index (χ2n) is 5.17. The number of nitrogens with zero attached hydrogens (tertiary/aromatic N) is 4. The van der Waals surface area contributed by atoms with E-state index in [1.807, 2.05) is 4.90 Å². The van der Waals surface area contributed by atoms with Crippen molar-refractivity contribution in [2.75, 3.05) is 31.1 Å². The van der Waals surface area contributed by atoms with E-state index in [-0.39, 0.29) is 11.9 Å². The number of rotatable bonds is 5. The SMILES string of the molecule is CCCC(N)CC(=O)N1CCN(c2ncccn2)CC1. The molecule has 0 aliphatic carbocycles. The van der Waals surface area contributed by atoms with E-state index in [9.17, 15) is 4.79 Å². The highest BCUT2D eigenvalue weighted by Gasteiger charge is 2.23. The third-order valence-corrected chi connectivity index (χ3v) is 3.56. The molecule has 0 bridgehead atoms. The predicted molar refractivity (Wildman–Crippen MR) is 78.3 cm³/mol. The lowest BCUT2D eigenvalue weighted by Gasteiger charge is -2.35. The first-order valence-electron chi connectivity index (χ1n) is 7.26. The zero-order valence-corrected chi connectivity index (χ0v) is 12.0. The van der Waals surface area contributed by atoms with E-state index in [1.165, 1.54) is 0 Å². The maximum absolute atomic E-state index is 12.1. The second kappa shape index (κ2) is 7.19. The molecule has 2 N–H and O–H groups in total. The molecule has 0 aromatic carbocycles. The molecule has 1 amide bonds. The Balaban J connectivity index is 1.80. The second-order valence-corrected chi connectivity index (χ2v) is 5.17. The van der Waals surface area contributed by atoms with Gasteiger partial charge in [0.05, 0.1) is 0 Å². The third kappa shape index (κ3) is 3.90. The minimum absolute atomic E-state index is 0.0111. The van der Waals surface area contributed by atoms with Crippen LogP contribution < -0.4 is 10.6 Å². The van der Waals surface area contributed by atoms with Crippen molar-refractivity contribution in [3.63, 3.8) is 0 Å². The van der Waals surface area contributed by atoms with Crippen molar-refractivity contribution in [1.29, 1.82) is 0 Å². The topological polar surface area (TPSA) is 75.4 Å². The minimum atomic E-state index is -0.0111. The van der Waals surface area contributed by atoms with Crippen molar-refractivity contribution < 1.29 is 4.79 Å². The van der Waals surface area contributed by atoms with Crippen LogP contribution in [0.3, 0.4) is 0 Å². The maximum Gasteiger partial charge on any atom is 0.225 e. The van der Waals surface area contributed by atoms with Gasteiger partial charge in [-0.25, -0.2) is 9.97 Å². The van der Waals surface area contributed by atoms with Gasteiger partial charge in [0.25, 0.3) is 0 Å².